The maximum Gasteiger partial charge on any atom is 0.196 e. The van der Waals surface area contributed by atoms with Crippen LogP contribution in [0.5, 0.6) is 0 Å². The lowest BCUT2D eigenvalue weighted by atomic mass is 10.1. The molecule has 1 aromatic heterocycles. The van der Waals surface area contributed by atoms with Crippen molar-refractivity contribution in [2.45, 2.75) is 36.7 Å². The Balaban J connectivity index is 1.58. The highest BCUT2D eigenvalue weighted by atomic mass is 79.9. The summed E-state index contributed by atoms with van der Waals surface area (Å²) in [5.41, 5.74) is 2.40. The second-order valence-corrected chi connectivity index (χ2v) is 8.68. The summed E-state index contributed by atoms with van der Waals surface area (Å²) in [7, 11) is 0. The molecule has 0 N–H and O–H groups in total. The summed E-state index contributed by atoms with van der Waals surface area (Å²) in [5, 5.41) is 10.0. The van der Waals surface area contributed by atoms with Gasteiger partial charge in [-0.05, 0) is 55.8 Å². The Morgan fingerprint density at radius 1 is 0.926 bits per heavy atom. The molecule has 140 valence electrons. The average molecular weight is 443 g/mol. The molecule has 6 heteroatoms. The summed E-state index contributed by atoms with van der Waals surface area (Å²) in [6, 6.07) is 18.9. The molecule has 0 spiro atoms. The van der Waals surface area contributed by atoms with E-state index in [0.717, 1.165) is 46.5 Å². The fourth-order valence-corrected chi connectivity index (χ4v) is 4.79. The minimum Gasteiger partial charge on any atom is -0.296 e. The molecule has 0 atom stereocenters. The lowest BCUT2D eigenvalue weighted by molar-refractivity contribution is 0.214. The van der Waals surface area contributed by atoms with Crippen molar-refractivity contribution in [2.75, 3.05) is 13.1 Å². The SMILES string of the molecule is Brc1cccc(CSc2nnc(CN3CCCCC3)n2-c2ccccc2)c1. The Bertz CT molecular complexity index is 875. The highest BCUT2D eigenvalue weighted by Gasteiger charge is 2.18. The van der Waals surface area contributed by atoms with Crippen LogP contribution in [0.1, 0.15) is 30.7 Å². The van der Waals surface area contributed by atoms with Crippen molar-refractivity contribution >= 4 is 27.7 Å². The van der Waals surface area contributed by atoms with E-state index in [1.54, 1.807) is 11.8 Å². The number of hydrogen-bond acceptors (Lipinski definition) is 4. The quantitative estimate of drug-likeness (QED) is 0.484. The fraction of sp³-hybridized carbons (Fsp3) is 0.333. The molecule has 0 saturated carbocycles. The fourth-order valence-electron chi connectivity index (χ4n) is 3.42. The summed E-state index contributed by atoms with van der Waals surface area (Å²) in [6.07, 6.45) is 3.91. The van der Waals surface area contributed by atoms with E-state index < -0.39 is 0 Å². The van der Waals surface area contributed by atoms with Crippen molar-refractivity contribution in [3.05, 3.63) is 70.5 Å². The molecule has 1 aliphatic rings. The number of halogens is 1. The van der Waals surface area contributed by atoms with E-state index in [0.29, 0.717) is 0 Å². The first-order chi connectivity index (χ1) is 13.3. The Hall–Kier alpha value is -1.63. The Morgan fingerprint density at radius 2 is 1.74 bits per heavy atom. The van der Waals surface area contributed by atoms with E-state index in [4.69, 9.17) is 0 Å². The van der Waals surface area contributed by atoms with Crippen LogP contribution in [0.15, 0.2) is 64.2 Å². The van der Waals surface area contributed by atoms with Gasteiger partial charge < -0.3 is 0 Å². The Morgan fingerprint density at radius 3 is 2.52 bits per heavy atom. The predicted octanol–water partition coefficient (Wildman–Crippen LogP) is 5.31. The van der Waals surface area contributed by atoms with E-state index >= 15 is 0 Å². The highest BCUT2D eigenvalue weighted by molar-refractivity contribution is 9.10. The van der Waals surface area contributed by atoms with Gasteiger partial charge in [-0.25, -0.2) is 0 Å². The van der Waals surface area contributed by atoms with E-state index in [2.05, 4.69) is 84.1 Å². The van der Waals surface area contributed by atoms with E-state index in [9.17, 15) is 0 Å². The Kier molecular flexibility index (Phi) is 6.27. The number of rotatable bonds is 6. The molecule has 0 bridgehead atoms. The molecule has 1 saturated heterocycles. The molecule has 3 aromatic rings. The topological polar surface area (TPSA) is 34.0 Å². The molecule has 27 heavy (non-hydrogen) atoms. The monoisotopic (exact) mass is 442 g/mol. The van der Waals surface area contributed by atoms with Crippen LogP contribution in [0.2, 0.25) is 0 Å². The number of benzene rings is 2. The lowest BCUT2D eigenvalue weighted by Crippen LogP contribution is -2.30. The largest absolute Gasteiger partial charge is 0.296 e. The van der Waals surface area contributed by atoms with E-state index in [1.807, 2.05) is 6.07 Å². The van der Waals surface area contributed by atoms with E-state index in [-0.39, 0.29) is 0 Å². The first kappa shape index (κ1) is 18.7. The minimum absolute atomic E-state index is 0.860. The molecule has 1 fully saturated rings. The molecular weight excluding hydrogens is 420 g/mol. The van der Waals surface area contributed by atoms with Crippen molar-refractivity contribution in [2.24, 2.45) is 0 Å². The molecule has 4 nitrogen and oxygen atoms in total. The zero-order valence-electron chi connectivity index (χ0n) is 15.2. The highest BCUT2D eigenvalue weighted by Crippen LogP contribution is 2.27. The zero-order chi connectivity index (χ0) is 18.5. The normalized spacial score (nSPS) is 15.1. The van der Waals surface area contributed by atoms with Crippen LogP contribution in [0.3, 0.4) is 0 Å². The minimum atomic E-state index is 0.860. The summed E-state index contributed by atoms with van der Waals surface area (Å²) in [5.74, 6) is 1.90. The van der Waals surface area contributed by atoms with Crippen LogP contribution in [0.4, 0.5) is 0 Å². The van der Waals surface area contributed by atoms with Crippen LogP contribution < -0.4 is 0 Å². The lowest BCUT2D eigenvalue weighted by Gasteiger charge is -2.26. The number of para-hydroxylation sites is 1. The molecule has 2 heterocycles. The van der Waals surface area contributed by atoms with Crippen LogP contribution in [0.25, 0.3) is 5.69 Å². The molecule has 1 aliphatic heterocycles. The molecule has 0 aliphatic carbocycles. The van der Waals surface area contributed by atoms with Gasteiger partial charge in [0.15, 0.2) is 11.0 Å². The van der Waals surface area contributed by atoms with Gasteiger partial charge in [-0.3, -0.25) is 9.47 Å². The first-order valence-electron chi connectivity index (χ1n) is 9.39. The number of nitrogens with zero attached hydrogens (tertiary/aromatic N) is 4. The summed E-state index contributed by atoms with van der Waals surface area (Å²) < 4.78 is 3.33. The zero-order valence-corrected chi connectivity index (χ0v) is 17.6. The van der Waals surface area contributed by atoms with Gasteiger partial charge in [-0.2, -0.15) is 0 Å². The van der Waals surface area contributed by atoms with E-state index in [1.165, 1.54) is 24.8 Å². The van der Waals surface area contributed by atoms with Gasteiger partial charge in [0, 0.05) is 15.9 Å². The molecule has 0 amide bonds. The van der Waals surface area contributed by atoms with Gasteiger partial charge in [0.05, 0.1) is 6.54 Å². The first-order valence-corrected chi connectivity index (χ1v) is 11.2. The van der Waals surface area contributed by atoms with Gasteiger partial charge in [-0.15, -0.1) is 10.2 Å². The Labute approximate surface area is 173 Å². The van der Waals surface area contributed by atoms with Crippen LogP contribution in [-0.2, 0) is 12.3 Å². The third-order valence-electron chi connectivity index (χ3n) is 4.79. The van der Waals surface area contributed by atoms with Crippen LogP contribution in [-0.4, -0.2) is 32.8 Å². The van der Waals surface area contributed by atoms with Crippen LogP contribution >= 0.6 is 27.7 Å². The van der Waals surface area contributed by atoms with Gasteiger partial charge in [0.1, 0.15) is 0 Å². The van der Waals surface area contributed by atoms with Gasteiger partial charge in [0.25, 0.3) is 0 Å². The molecule has 0 unspecified atom stereocenters. The second kappa shape index (κ2) is 9.04. The number of thioether (sulfide) groups is 1. The van der Waals surface area contributed by atoms with Crippen molar-refractivity contribution in [3.63, 3.8) is 0 Å². The van der Waals surface area contributed by atoms with Crippen molar-refractivity contribution in [1.29, 1.82) is 0 Å². The molecular formula is C21H23BrN4S. The van der Waals surface area contributed by atoms with Gasteiger partial charge in [0.2, 0.25) is 0 Å². The predicted molar refractivity (Wildman–Crippen MR) is 114 cm³/mol. The number of likely N-dealkylation sites (tertiary alicyclic amines) is 1. The van der Waals surface area contributed by atoms with Gasteiger partial charge in [-0.1, -0.05) is 64.4 Å². The van der Waals surface area contributed by atoms with Gasteiger partial charge >= 0.3 is 0 Å². The second-order valence-electron chi connectivity index (χ2n) is 6.83. The number of aromatic nitrogens is 3. The standard InChI is InChI=1S/C21H23BrN4S/c22-18-9-7-8-17(14-18)16-27-21-24-23-20(15-25-12-5-2-6-13-25)26(21)19-10-3-1-4-11-19/h1,3-4,7-11,14H,2,5-6,12-13,15-16H2. The molecule has 4 rings (SSSR count). The third kappa shape index (κ3) is 4.81. The number of hydrogen-bond donors (Lipinski definition) is 0. The van der Waals surface area contributed by atoms with Crippen molar-refractivity contribution < 1.29 is 0 Å². The summed E-state index contributed by atoms with van der Waals surface area (Å²) in [6.45, 7) is 3.17. The summed E-state index contributed by atoms with van der Waals surface area (Å²) >= 11 is 5.29. The molecule has 0 radical (unpaired) electrons. The van der Waals surface area contributed by atoms with Crippen molar-refractivity contribution in [3.8, 4) is 5.69 Å². The molecule has 2 aromatic carbocycles. The number of piperidine rings is 1. The van der Waals surface area contributed by atoms with Crippen molar-refractivity contribution in [1.82, 2.24) is 19.7 Å². The smallest absolute Gasteiger partial charge is 0.196 e. The third-order valence-corrected chi connectivity index (χ3v) is 6.28. The van der Waals surface area contributed by atoms with Crippen LogP contribution in [0, 0.1) is 0 Å². The average Bonchev–Trinajstić information content (AvgIpc) is 3.10. The maximum absolute atomic E-state index is 4.56. The summed E-state index contributed by atoms with van der Waals surface area (Å²) in [4.78, 5) is 2.50. The maximum atomic E-state index is 4.56.